The van der Waals surface area contributed by atoms with Gasteiger partial charge in [0.05, 0.1) is 22.8 Å². The molecule has 2 fully saturated rings. The number of piperazine rings is 1. The SMILES string of the molecule is Cl.Cl.NC1(C(=O)N2CCN(CC(=O)Nc3ccccc3Cl)CC2)CC1. The third-order valence-corrected chi connectivity index (χ3v) is 4.72. The zero-order valence-electron chi connectivity index (χ0n) is 13.7. The van der Waals surface area contributed by atoms with Crippen LogP contribution in [-0.4, -0.2) is 59.9 Å². The third-order valence-electron chi connectivity index (χ3n) is 4.39. The monoisotopic (exact) mass is 408 g/mol. The lowest BCUT2D eigenvalue weighted by Crippen LogP contribution is -2.55. The number of nitrogens with zero attached hydrogens (tertiary/aromatic N) is 2. The maximum Gasteiger partial charge on any atom is 0.242 e. The van der Waals surface area contributed by atoms with Crippen LogP contribution in [0.15, 0.2) is 24.3 Å². The maximum atomic E-state index is 12.2. The summed E-state index contributed by atoms with van der Waals surface area (Å²) < 4.78 is 0. The van der Waals surface area contributed by atoms with Gasteiger partial charge in [-0.25, -0.2) is 0 Å². The van der Waals surface area contributed by atoms with Crippen molar-refractivity contribution >= 4 is 53.9 Å². The van der Waals surface area contributed by atoms with Gasteiger partial charge in [-0.05, 0) is 25.0 Å². The van der Waals surface area contributed by atoms with E-state index in [2.05, 4.69) is 5.32 Å². The molecule has 0 radical (unpaired) electrons. The van der Waals surface area contributed by atoms with Crippen molar-refractivity contribution in [2.45, 2.75) is 18.4 Å². The van der Waals surface area contributed by atoms with Gasteiger partial charge in [-0.3, -0.25) is 14.5 Å². The first-order valence-electron chi connectivity index (χ1n) is 7.83. The highest BCUT2D eigenvalue weighted by Gasteiger charge is 2.48. The molecule has 0 bridgehead atoms. The molecule has 1 heterocycles. The number of halogens is 3. The van der Waals surface area contributed by atoms with Gasteiger partial charge in [0, 0.05) is 26.2 Å². The molecule has 6 nitrogen and oxygen atoms in total. The molecule has 1 aliphatic carbocycles. The first-order valence-corrected chi connectivity index (χ1v) is 8.21. The number of carbonyl (C=O) groups excluding carboxylic acids is 2. The standard InChI is InChI=1S/C16H21ClN4O2.2ClH/c17-12-3-1-2-4-13(12)19-14(22)11-20-7-9-21(10-8-20)15(23)16(18)5-6-16;;/h1-4H,5-11,18H2,(H,19,22);2*1H. The van der Waals surface area contributed by atoms with Gasteiger partial charge in [0.25, 0.3) is 0 Å². The van der Waals surface area contributed by atoms with Crippen molar-refractivity contribution in [1.82, 2.24) is 9.80 Å². The summed E-state index contributed by atoms with van der Waals surface area (Å²) >= 11 is 6.03. The predicted molar refractivity (Wildman–Crippen MR) is 104 cm³/mol. The van der Waals surface area contributed by atoms with Gasteiger partial charge in [0.2, 0.25) is 11.8 Å². The van der Waals surface area contributed by atoms with E-state index < -0.39 is 5.54 Å². The van der Waals surface area contributed by atoms with E-state index in [-0.39, 0.29) is 36.6 Å². The van der Waals surface area contributed by atoms with Gasteiger partial charge in [-0.15, -0.1) is 24.8 Å². The first kappa shape index (κ1) is 22.0. The van der Waals surface area contributed by atoms with Gasteiger partial charge in [-0.2, -0.15) is 0 Å². The van der Waals surface area contributed by atoms with E-state index >= 15 is 0 Å². The molecule has 9 heteroatoms. The summed E-state index contributed by atoms with van der Waals surface area (Å²) in [6.07, 6.45) is 1.57. The van der Waals surface area contributed by atoms with Crippen molar-refractivity contribution in [3.05, 3.63) is 29.3 Å². The molecule has 0 aromatic heterocycles. The molecule has 3 rings (SSSR count). The van der Waals surface area contributed by atoms with Crippen LogP contribution in [0.5, 0.6) is 0 Å². The van der Waals surface area contributed by atoms with Crippen molar-refractivity contribution in [3.63, 3.8) is 0 Å². The van der Waals surface area contributed by atoms with Crippen LogP contribution in [0.25, 0.3) is 0 Å². The summed E-state index contributed by atoms with van der Waals surface area (Å²) in [5, 5.41) is 3.33. The highest BCUT2D eigenvalue weighted by molar-refractivity contribution is 6.33. The Bertz CT molecular complexity index is 617. The van der Waals surface area contributed by atoms with Crippen LogP contribution in [0.4, 0.5) is 5.69 Å². The fourth-order valence-corrected chi connectivity index (χ4v) is 2.91. The van der Waals surface area contributed by atoms with E-state index in [1.807, 2.05) is 21.9 Å². The molecule has 25 heavy (non-hydrogen) atoms. The lowest BCUT2D eigenvalue weighted by molar-refractivity contribution is -0.135. The Hall–Kier alpha value is -1.05. The second-order valence-corrected chi connectivity index (χ2v) is 6.66. The maximum absolute atomic E-state index is 12.2. The summed E-state index contributed by atoms with van der Waals surface area (Å²) in [4.78, 5) is 28.1. The van der Waals surface area contributed by atoms with Crippen LogP contribution in [0.3, 0.4) is 0 Å². The van der Waals surface area contributed by atoms with Crippen LogP contribution in [0.1, 0.15) is 12.8 Å². The topological polar surface area (TPSA) is 78.7 Å². The summed E-state index contributed by atoms with van der Waals surface area (Å²) in [5.41, 5.74) is 5.96. The number of nitrogens with two attached hydrogens (primary N) is 1. The highest BCUT2D eigenvalue weighted by atomic mass is 35.5. The summed E-state index contributed by atoms with van der Waals surface area (Å²) in [6, 6.07) is 7.15. The molecule has 1 aromatic rings. The smallest absolute Gasteiger partial charge is 0.242 e. The van der Waals surface area contributed by atoms with Gasteiger partial charge in [0.15, 0.2) is 0 Å². The second-order valence-electron chi connectivity index (χ2n) is 6.25. The molecule has 3 N–H and O–H groups in total. The first-order chi connectivity index (χ1) is 11.0. The van der Waals surface area contributed by atoms with E-state index in [9.17, 15) is 9.59 Å². The number of rotatable bonds is 4. The van der Waals surface area contributed by atoms with Crippen molar-refractivity contribution < 1.29 is 9.59 Å². The average Bonchev–Trinajstić information content (AvgIpc) is 3.29. The zero-order chi connectivity index (χ0) is 16.4. The number of amides is 2. The minimum Gasteiger partial charge on any atom is -0.339 e. The van der Waals surface area contributed by atoms with Crippen LogP contribution in [0, 0.1) is 0 Å². The predicted octanol–water partition coefficient (Wildman–Crippen LogP) is 1.76. The van der Waals surface area contributed by atoms with Crippen molar-refractivity contribution in [3.8, 4) is 0 Å². The molecule has 2 amide bonds. The highest BCUT2D eigenvalue weighted by Crippen LogP contribution is 2.34. The Morgan fingerprint density at radius 3 is 2.28 bits per heavy atom. The van der Waals surface area contributed by atoms with E-state index in [0.717, 1.165) is 12.8 Å². The molecule has 1 aliphatic heterocycles. The van der Waals surface area contributed by atoms with Crippen molar-refractivity contribution in [2.75, 3.05) is 38.0 Å². The number of anilines is 1. The van der Waals surface area contributed by atoms with Gasteiger partial charge in [0.1, 0.15) is 0 Å². The van der Waals surface area contributed by atoms with Gasteiger partial charge in [-0.1, -0.05) is 23.7 Å². The van der Waals surface area contributed by atoms with E-state index in [4.69, 9.17) is 17.3 Å². The van der Waals surface area contributed by atoms with Crippen LogP contribution >= 0.6 is 36.4 Å². The lowest BCUT2D eigenvalue weighted by Gasteiger charge is -2.35. The van der Waals surface area contributed by atoms with E-state index in [1.54, 1.807) is 12.1 Å². The number of nitrogens with one attached hydrogen (secondary N) is 1. The molecule has 1 aromatic carbocycles. The summed E-state index contributed by atoms with van der Waals surface area (Å²) in [6.45, 7) is 2.89. The van der Waals surface area contributed by atoms with Crippen molar-refractivity contribution in [2.24, 2.45) is 5.73 Å². The molecule has 1 saturated carbocycles. The Morgan fingerprint density at radius 2 is 1.72 bits per heavy atom. The Morgan fingerprint density at radius 1 is 1.12 bits per heavy atom. The Labute approximate surface area is 164 Å². The zero-order valence-corrected chi connectivity index (χ0v) is 16.1. The molecule has 0 atom stereocenters. The fraction of sp³-hybridized carbons (Fsp3) is 0.500. The fourth-order valence-electron chi connectivity index (χ4n) is 2.73. The summed E-state index contributed by atoms with van der Waals surface area (Å²) in [7, 11) is 0. The molecular weight excluding hydrogens is 387 g/mol. The number of carbonyl (C=O) groups is 2. The largest absolute Gasteiger partial charge is 0.339 e. The van der Waals surface area contributed by atoms with E-state index in [1.165, 1.54) is 0 Å². The quantitative estimate of drug-likeness (QED) is 0.794. The van der Waals surface area contributed by atoms with Crippen LogP contribution < -0.4 is 11.1 Å². The van der Waals surface area contributed by atoms with Crippen LogP contribution in [-0.2, 0) is 9.59 Å². The molecule has 0 unspecified atom stereocenters. The lowest BCUT2D eigenvalue weighted by atomic mass is 10.2. The molecule has 140 valence electrons. The Kier molecular flexibility index (Phi) is 7.96. The number of hydrogen-bond acceptors (Lipinski definition) is 4. The van der Waals surface area contributed by atoms with Gasteiger partial charge < -0.3 is 16.0 Å². The number of benzene rings is 1. The molecule has 2 aliphatic rings. The number of hydrogen-bond donors (Lipinski definition) is 2. The molecule has 1 saturated heterocycles. The van der Waals surface area contributed by atoms with Crippen LogP contribution in [0.2, 0.25) is 5.02 Å². The number of para-hydroxylation sites is 1. The normalized spacial score (nSPS) is 18.6. The van der Waals surface area contributed by atoms with E-state index in [0.29, 0.717) is 43.4 Å². The molecule has 0 spiro atoms. The second kappa shape index (κ2) is 9.05. The summed E-state index contributed by atoms with van der Waals surface area (Å²) in [5.74, 6) is -0.0481. The average molecular weight is 410 g/mol. The molecular formula is C16H23Cl3N4O2. The van der Waals surface area contributed by atoms with Crippen molar-refractivity contribution in [1.29, 1.82) is 0 Å². The Balaban J connectivity index is 0.00000156. The van der Waals surface area contributed by atoms with Gasteiger partial charge >= 0.3 is 0 Å². The third kappa shape index (κ3) is 5.46. The minimum atomic E-state index is -0.608. The minimum absolute atomic E-state index is 0.